The quantitative estimate of drug-likeness (QED) is 0.215. The lowest BCUT2D eigenvalue weighted by Gasteiger charge is -2.43. The highest BCUT2D eigenvalue weighted by molar-refractivity contribution is 9.09. The van der Waals surface area contributed by atoms with E-state index in [9.17, 15) is 14.7 Å². The van der Waals surface area contributed by atoms with Crippen molar-refractivity contribution in [3.63, 3.8) is 0 Å². The van der Waals surface area contributed by atoms with Crippen molar-refractivity contribution >= 4 is 45.4 Å². The molecule has 4 aliphatic rings. The van der Waals surface area contributed by atoms with Crippen LogP contribution in [-0.4, -0.2) is 90.2 Å². The van der Waals surface area contributed by atoms with Crippen LogP contribution in [0.2, 0.25) is 0 Å². The number of nitrogens with zero attached hydrogens (tertiary/aromatic N) is 3. The summed E-state index contributed by atoms with van der Waals surface area (Å²) in [6, 6.07) is 18.4. The Labute approximate surface area is 291 Å². The molecule has 1 spiro atoms. The second kappa shape index (κ2) is 14.7. The summed E-state index contributed by atoms with van der Waals surface area (Å²) in [4.78, 5) is 50.2. The van der Waals surface area contributed by atoms with E-state index >= 15 is 4.79 Å². The number of halogens is 1. The first-order valence-corrected chi connectivity index (χ1v) is 18.8. The average molecular weight is 721 g/mol. The third-order valence-corrected chi connectivity index (χ3v) is 13.9. The fraction of sp³-hybridized carbons (Fsp3) is 0.500. The van der Waals surface area contributed by atoms with Crippen LogP contribution in [-0.2, 0) is 27.3 Å². The zero-order chi connectivity index (χ0) is 33.1. The van der Waals surface area contributed by atoms with Gasteiger partial charge in [-0.3, -0.25) is 14.4 Å². The number of rotatable bonds is 13. The van der Waals surface area contributed by atoms with Crippen LogP contribution in [0.25, 0.3) is 0 Å². The molecule has 2 aromatic rings. The van der Waals surface area contributed by atoms with Crippen LogP contribution in [0.15, 0.2) is 86.0 Å². The maximum Gasteiger partial charge on any atom is 0.247 e. The van der Waals surface area contributed by atoms with Crippen molar-refractivity contribution in [3.8, 4) is 0 Å². The number of amides is 3. The first-order chi connectivity index (χ1) is 22.8. The Kier molecular flexibility index (Phi) is 10.6. The molecule has 3 heterocycles. The summed E-state index contributed by atoms with van der Waals surface area (Å²) in [7, 11) is 0. The predicted octanol–water partition coefficient (Wildman–Crippen LogP) is 5.62. The van der Waals surface area contributed by atoms with Crippen LogP contribution in [0.4, 0.5) is 0 Å². The van der Waals surface area contributed by atoms with Crippen LogP contribution in [0.3, 0.4) is 0 Å². The van der Waals surface area contributed by atoms with Gasteiger partial charge in [-0.15, -0.1) is 24.9 Å². The third-order valence-electron chi connectivity index (χ3n) is 10.7. The molecule has 3 amide bonds. The Bertz CT molecular complexity index is 1450. The molecular formula is C38H46BrN3O4S. The number of aliphatic hydroxyl groups is 1. The highest BCUT2D eigenvalue weighted by Gasteiger charge is 2.76. The summed E-state index contributed by atoms with van der Waals surface area (Å²) < 4.78 is -0.794. The van der Waals surface area contributed by atoms with Crippen molar-refractivity contribution < 1.29 is 19.5 Å². The van der Waals surface area contributed by atoms with Crippen LogP contribution in [0, 0.1) is 11.8 Å². The van der Waals surface area contributed by atoms with Gasteiger partial charge in [0.15, 0.2) is 0 Å². The number of hydrogen-bond donors (Lipinski definition) is 1. The van der Waals surface area contributed by atoms with Crippen LogP contribution in [0.5, 0.6) is 0 Å². The van der Waals surface area contributed by atoms with Gasteiger partial charge in [-0.1, -0.05) is 108 Å². The van der Waals surface area contributed by atoms with Crippen LogP contribution < -0.4 is 0 Å². The first-order valence-electron chi connectivity index (χ1n) is 17.0. The van der Waals surface area contributed by atoms with Gasteiger partial charge >= 0.3 is 0 Å². The molecule has 250 valence electrons. The number of thioether (sulfide) groups is 1. The van der Waals surface area contributed by atoms with E-state index in [-0.39, 0.29) is 40.4 Å². The highest BCUT2D eigenvalue weighted by Crippen LogP contribution is 2.68. The molecule has 1 aliphatic carbocycles. The number of carbonyl (C=O) groups excluding carboxylic acids is 3. The Hall–Kier alpha value is -2.88. The zero-order valence-electron chi connectivity index (χ0n) is 27.0. The molecule has 3 unspecified atom stereocenters. The normalized spacial score (nSPS) is 28.9. The summed E-state index contributed by atoms with van der Waals surface area (Å²) in [5, 5.41) is 10.7. The van der Waals surface area contributed by atoms with Gasteiger partial charge in [0.2, 0.25) is 17.7 Å². The molecule has 1 N–H and O–H groups in total. The largest absolute Gasteiger partial charge is 0.394 e. The van der Waals surface area contributed by atoms with E-state index in [4.69, 9.17) is 0 Å². The summed E-state index contributed by atoms with van der Waals surface area (Å²) in [5.74, 6) is -1.62. The lowest BCUT2D eigenvalue weighted by atomic mass is 9.70. The molecule has 9 heteroatoms. The van der Waals surface area contributed by atoms with Gasteiger partial charge in [0.25, 0.3) is 0 Å². The molecule has 2 aromatic carbocycles. The molecule has 0 aromatic heterocycles. The summed E-state index contributed by atoms with van der Waals surface area (Å²) in [5.41, 5.74) is 1.99. The molecule has 7 atom stereocenters. The summed E-state index contributed by atoms with van der Waals surface area (Å²) in [6.07, 6.45) is 9.69. The van der Waals surface area contributed by atoms with E-state index in [0.717, 1.165) is 43.2 Å². The Morgan fingerprint density at radius 2 is 1.62 bits per heavy atom. The van der Waals surface area contributed by atoms with Gasteiger partial charge in [-0.05, 0) is 36.8 Å². The van der Waals surface area contributed by atoms with Gasteiger partial charge in [0.1, 0.15) is 6.04 Å². The van der Waals surface area contributed by atoms with E-state index in [0.29, 0.717) is 32.5 Å². The van der Waals surface area contributed by atoms with E-state index < -0.39 is 28.7 Å². The van der Waals surface area contributed by atoms with E-state index in [1.165, 1.54) is 0 Å². The lowest BCUT2D eigenvalue weighted by molar-refractivity contribution is -0.148. The van der Waals surface area contributed by atoms with Crippen molar-refractivity contribution in [2.45, 2.75) is 84.4 Å². The zero-order valence-corrected chi connectivity index (χ0v) is 29.4. The maximum absolute atomic E-state index is 15.1. The second-order valence-corrected chi connectivity index (χ2v) is 16.2. The second-order valence-electron chi connectivity index (χ2n) is 13.5. The molecule has 3 aliphatic heterocycles. The van der Waals surface area contributed by atoms with Gasteiger partial charge in [-0.25, -0.2) is 0 Å². The van der Waals surface area contributed by atoms with E-state index in [2.05, 4.69) is 29.1 Å². The van der Waals surface area contributed by atoms with Gasteiger partial charge in [-0.2, -0.15) is 0 Å². The number of fused-ring (bicyclic) bond motifs is 1. The molecule has 2 bridgehead atoms. The van der Waals surface area contributed by atoms with Crippen molar-refractivity contribution in [3.05, 3.63) is 97.1 Å². The smallest absolute Gasteiger partial charge is 0.247 e. The number of benzene rings is 2. The van der Waals surface area contributed by atoms with E-state index in [1.54, 1.807) is 33.7 Å². The fourth-order valence-electron chi connectivity index (χ4n) is 8.67. The van der Waals surface area contributed by atoms with Crippen molar-refractivity contribution in [1.82, 2.24) is 14.7 Å². The minimum absolute atomic E-state index is 0.0349. The van der Waals surface area contributed by atoms with Gasteiger partial charge < -0.3 is 19.8 Å². The molecule has 3 saturated heterocycles. The molecule has 6 rings (SSSR count). The molecule has 7 nitrogen and oxygen atoms in total. The molecule has 1 saturated carbocycles. The van der Waals surface area contributed by atoms with Gasteiger partial charge in [0.05, 0.1) is 29.2 Å². The monoisotopic (exact) mass is 719 g/mol. The molecule has 0 radical (unpaired) electrons. The number of alkyl halides is 1. The van der Waals surface area contributed by atoms with Crippen LogP contribution in [0.1, 0.15) is 49.7 Å². The fourth-order valence-corrected chi connectivity index (χ4v) is 12.3. The summed E-state index contributed by atoms with van der Waals surface area (Å²) in [6.45, 7) is 8.81. The SMILES string of the molecule is C=CCN(Cc1ccccc1)C(=O)[C@H]1[C@H]2C(=O)N([C@@H](CO)Cc3ccccc3)C(C(=O)N(CC=C)C3CCCCC3)C23CC(Br)[C@@H]1S3. The van der Waals surface area contributed by atoms with Gasteiger partial charge in [0, 0.05) is 35.8 Å². The average Bonchev–Trinajstić information content (AvgIpc) is 3.69. The maximum atomic E-state index is 15.1. The predicted molar refractivity (Wildman–Crippen MR) is 191 cm³/mol. The topological polar surface area (TPSA) is 81.2 Å². The van der Waals surface area contributed by atoms with Crippen LogP contribution >= 0.6 is 27.7 Å². The minimum Gasteiger partial charge on any atom is -0.394 e. The minimum atomic E-state index is -0.794. The molecular weight excluding hydrogens is 674 g/mol. The Morgan fingerprint density at radius 1 is 0.979 bits per heavy atom. The molecule has 4 fully saturated rings. The summed E-state index contributed by atoms with van der Waals surface area (Å²) >= 11 is 5.59. The number of likely N-dealkylation sites (tertiary alicyclic amines) is 1. The first kappa shape index (κ1) is 34.0. The van der Waals surface area contributed by atoms with Crippen molar-refractivity contribution in [2.24, 2.45) is 11.8 Å². The number of aliphatic hydroxyl groups excluding tert-OH is 1. The van der Waals surface area contributed by atoms with Crippen molar-refractivity contribution in [1.29, 1.82) is 0 Å². The Balaban J connectivity index is 1.42. The Morgan fingerprint density at radius 3 is 2.23 bits per heavy atom. The third kappa shape index (κ3) is 6.35. The standard InChI is InChI=1S/C38H46BrN3O4S/c1-3-20-40(24-27-16-10-6-11-17-27)35(44)31-32-36(45)42(29(25-43)22-26-14-8-5-9-15-26)34(38(32)23-30(39)33(31)47-38)37(46)41(21-4-2)28-18-12-7-13-19-28/h3-6,8-11,14-17,28-34,43H,1-2,7,12-13,18-25H2/t29-,30?,31+,32+,33+,34?,38?/m1/s1. The van der Waals surface area contributed by atoms with E-state index in [1.807, 2.05) is 65.6 Å². The number of hydrogen-bond acceptors (Lipinski definition) is 5. The number of carbonyl (C=O) groups is 3. The van der Waals surface area contributed by atoms with Crippen molar-refractivity contribution in [2.75, 3.05) is 19.7 Å². The highest BCUT2D eigenvalue weighted by atomic mass is 79.9. The molecule has 47 heavy (non-hydrogen) atoms. The lowest BCUT2D eigenvalue weighted by Crippen LogP contribution is -2.60.